The maximum Gasteiger partial charge on any atom is 0.408 e. The molecule has 0 aliphatic carbocycles. The quantitative estimate of drug-likeness (QED) is 0.823. The number of halogens is 3. The number of primary amides is 1. The third-order valence-electron chi connectivity index (χ3n) is 1.92. The Bertz CT molecular complexity index is 385. The number of alkyl halides is 3. The minimum absolute atomic E-state index is 0.193. The highest BCUT2D eigenvalue weighted by atomic mass is 19.4. The molecule has 0 aliphatic heterocycles. The SMILES string of the molecule is CCc1c(CC(N)=O)nnn1CC(F)(F)F. The summed E-state index contributed by atoms with van der Waals surface area (Å²) in [7, 11) is 0. The molecule has 8 heteroatoms. The van der Waals surface area contributed by atoms with E-state index in [9.17, 15) is 18.0 Å². The van der Waals surface area contributed by atoms with E-state index in [1.54, 1.807) is 6.92 Å². The fourth-order valence-corrected chi connectivity index (χ4v) is 1.35. The number of hydrogen-bond donors (Lipinski definition) is 1. The molecule has 0 unspecified atom stereocenters. The van der Waals surface area contributed by atoms with Crippen molar-refractivity contribution in [1.29, 1.82) is 0 Å². The average molecular weight is 236 g/mol. The smallest absolute Gasteiger partial charge is 0.369 e. The molecule has 5 nitrogen and oxygen atoms in total. The average Bonchev–Trinajstić information content (AvgIpc) is 2.43. The Labute approximate surface area is 89.4 Å². The van der Waals surface area contributed by atoms with Crippen LogP contribution in [0.3, 0.4) is 0 Å². The van der Waals surface area contributed by atoms with Crippen LogP contribution in [0.1, 0.15) is 18.3 Å². The van der Waals surface area contributed by atoms with Crippen LogP contribution < -0.4 is 5.73 Å². The Morgan fingerprint density at radius 3 is 2.56 bits per heavy atom. The molecule has 1 rings (SSSR count). The molecule has 1 aromatic heterocycles. The van der Waals surface area contributed by atoms with Gasteiger partial charge in [-0.25, -0.2) is 4.68 Å². The van der Waals surface area contributed by atoms with Gasteiger partial charge < -0.3 is 5.73 Å². The molecular weight excluding hydrogens is 225 g/mol. The van der Waals surface area contributed by atoms with E-state index < -0.39 is 18.6 Å². The lowest BCUT2D eigenvalue weighted by Crippen LogP contribution is -2.21. The molecule has 2 N–H and O–H groups in total. The van der Waals surface area contributed by atoms with E-state index in [-0.39, 0.29) is 17.8 Å². The number of aromatic nitrogens is 3. The molecule has 0 spiro atoms. The van der Waals surface area contributed by atoms with E-state index >= 15 is 0 Å². The van der Waals surface area contributed by atoms with Crippen molar-refractivity contribution in [1.82, 2.24) is 15.0 Å². The lowest BCUT2D eigenvalue weighted by molar-refractivity contribution is -0.143. The Balaban J connectivity index is 2.94. The Morgan fingerprint density at radius 2 is 2.12 bits per heavy atom. The van der Waals surface area contributed by atoms with E-state index in [1.165, 1.54) is 0 Å². The lowest BCUT2D eigenvalue weighted by atomic mass is 10.2. The molecule has 0 saturated heterocycles. The van der Waals surface area contributed by atoms with Crippen LogP contribution in [-0.4, -0.2) is 27.1 Å². The number of hydrogen-bond acceptors (Lipinski definition) is 3. The van der Waals surface area contributed by atoms with Gasteiger partial charge in [0.2, 0.25) is 5.91 Å². The zero-order chi connectivity index (χ0) is 12.3. The summed E-state index contributed by atoms with van der Waals surface area (Å²) >= 11 is 0. The fraction of sp³-hybridized carbons (Fsp3) is 0.625. The summed E-state index contributed by atoms with van der Waals surface area (Å²) in [6, 6.07) is 0. The van der Waals surface area contributed by atoms with Crippen LogP contribution in [0.4, 0.5) is 13.2 Å². The van der Waals surface area contributed by atoms with Crippen LogP contribution in [0.15, 0.2) is 0 Å². The molecular formula is C8H11F3N4O. The van der Waals surface area contributed by atoms with Crippen molar-refractivity contribution in [2.45, 2.75) is 32.5 Å². The molecule has 90 valence electrons. The van der Waals surface area contributed by atoms with Gasteiger partial charge in [-0.15, -0.1) is 5.10 Å². The van der Waals surface area contributed by atoms with E-state index in [0.29, 0.717) is 6.42 Å². The van der Waals surface area contributed by atoms with Crippen LogP contribution in [-0.2, 0) is 24.2 Å². The maximum absolute atomic E-state index is 12.1. The lowest BCUT2D eigenvalue weighted by Gasteiger charge is -2.08. The van der Waals surface area contributed by atoms with E-state index in [0.717, 1.165) is 4.68 Å². The van der Waals surface area contributed by atoms with Crippen LogP contribution in [0.5, 0.6) is 0 Å². The standard InChI is InChI=1S/C8H11F3N4O/c1-2-6-5(3-7(12)16)13-14-15(6)4-8(9,10)11/h2-4H2,1H3,(H2,12,16). The molecule has 0 fully saturated rings. The van der Waals surface area contributed by atoms with Crippen molar-refractivity contribution in [3.8, 4) is 0 Å². The third kappa shape index (κ3) is 3.21. The first-order chi connectivity index (χ1) is 7.33. The van der Waals surface area contributed by atoms with E-state index in [1.807, 2.05) is 0 Å². The summed E-state index contributed by atoms with van der Waals surface area (Å²) in [5.41, 5.74) is 5.44. The van der Waals surface area contributed by atoms with Gasteiger partial charge in [0.1, 0.15) is 6.54 Å². The largest absolute Gasteiger partial charge is 0.408 e. The summed E-state index contributed by atoms with van der Waals surface area (Å²) < 4.78 is 37.2. The second-order valence-corrected chi connectivity index (χ2v) is 3.25. The highest BCUT2D eigenvalue weighted by molar-refractivity contribution is 5.76. The first-order valence-electron chi connectivity index (χ1n) is 4.59. The van der Waals surface area contributed by atoms with Gasteiger partial charge in [-0.1, -0.05) is 12.1 Å². The number of rotatable bonds is 4. The summed E-state index contributed by atoms with van der Waals surface area (Å²) in [6.45, 7) is 0.456. The minimum atomic E-state index is -4.36. The number of nitrogens with two attached hydrogens (primary N) is 1. The molecule has 0 saturated carbocycles. The predicted molar refractivity (Wildman–Crippen MR) is 48.4 cm³/mol. The van der Waals surface area contributed by atoms with E-state index in [4.69, 9.17) is 5.73 Å². The molecule has 16 heavy (non-hydrogen) atoms. The first kappa shape index (κ1) is 12.5. The normalized spacial score (nSPS) is 11.8. The summed E-state index contributed by atoms with van der Waals surface area (Å²) in [4.78, 5) is 10.7. The van der Waals surface area contributed by atoms with Gasteiger partial charge in [0, 0.05) is 0 Å². The van der Waals surface area contributed by atoms with Crippen molar-refractivity contribution in [3.63, 3.8) is 0 Å². The highest BCUT2D eigenvalue weighted by Crippen LogP contribution is 2.19. The van der Waals surface area contributed by atoms with Crippen molar-refractivity contribution in [2.75, 3.05) is 0 Å². The molecule has 0 bridgehead atoms. The van der Waals surface area contributed by atoms with Gasteiger partial charge in [0.15, 0.2) is 0 Å². The Kier molecular flexibility index (Phi) is 3.51. The number of carbonyl (C=O) groups is 1. The molecule has 1 aromatic rings. The molecule has 0 aromatic carbocycles. The van der Waals surface area contributed by atoms with Crippen molar-refractivity contribution < 1.29 is 18.0 Å². The van der Waals surface area contributed by atoms with Crippen molar-refractivity contribution >= 4 is 5.91 Å². The molecule has 0 aliphatic rings. The zero-order valence-electron chi connectivity index (χ0n) is 8.58. The summed E-state index contributed by atoms with van der Waals surface area (Å²) in [6.07, 6.45) is -4.24. The minimum Gasteiger partial charge on any atom is -0.369 e. The second-order valence-electron chi connectivity index (χ2n) is 3.25. The second kappa shape index (κ2) is 4.50. The fourth-order valence-electron chi connectivity index (χ4n) is 1.35. The Hall–Kier alpha value is -1.60. The topological polar surface area (TPSA) is 73.8 Å². The molecule has 0 radical (unpaired) electrons. The van der Waals surface area contributed by atoms with Crippen LogP contribution in [0.25, 0.3) is 0 Å². The Morgan fingerprint density at radius 1 is 1.50 bits per heavy atom. The number of carbonyl (C=O) groups excluding carboxylic acids is 1. The zero-order valence-corrected chi connectivity index (χ0v) is 8.58. The number of nitrogens with zero attached hydrogens (tertiary/aromatic N) is 3. The predicted octanol–water partition coefficient (Wildman–Crippen LogP) is 0.431. The highest BCUT2D eigenvalue weighted by Gasteiger charge is 2.30. The van der Waals surface area contributed by atoms with Crippen LogP contribution in [0, 0.1) is 0 Å². The van der Waals surface area contributed by atoms with Gasteiger partial charge >= 0.3 is 6.18 Å². The van der Waals surface area contributed by atoms with Crippen LogP contribution >= 0.6 is 0 Å². The van der Waals surface area contributed by atoms with Gasteiger partial charge in [-0.05, 0) is 6.42 Å². The molecule has 0 atom stereocenters. The van der Waals surface area contributed by atoms with Gasteiger partial charge in [0.05, 0.1) is 17.8 Å². The van der Waals surface area contributed by atoms with Crippen molar-refractivity contribution in [2.24, 2.45) is 5.73 Å². The molecule has 1 heterocycles. The first-order valence-corrected chi connectivity index (χ1v) is 4.59. The third-order valence-corrected chi connectivity index (χ3v) is 1.92. The number of amides is 1. The summed E-state index contributed by atoms with van der Waals surface area (Å²) in [5, 5.41) is 6.89. The van der Waals surface area contributed by atoms with Crippen LogP contribution in [0.2, 0.25) is 0 Å². The summed E-state index contributed by atoms with van der Waals surface area (Å²) in [5.74, 6) is -0.645. The maximum atomic E-state index is 12.1. The van der Waals surface area contributed by atoms with Gasteiger partial charge in [-0.3, -0.25) is 4.79 Å². The van der Waals surface area contributed by atoms with E-state index in [2.05, 4.69) is 10.3 Å². The van der Waals surface area contributed by atoms with Gasteiger partial charge in [-0.2, -0.15) is 13.2 Å². The van der Waals surface area contributed by atoms with Crippen molar-refractivity contribution in [3.05, 3.63) is 11.4 Å². The molecule has 1 amide bonds. The van der Waals surface area contributed by atoms with Gasteiger partial charge in [0.25, 0.3) is 0 Å². The monoisotopic (exact) mass is 236 g/mol.